The number of carbonyl (C=O) groups excluding carboxylic acids is 1. The minimum absolute atomic E-state index is 0. The van der Waals surface area contributed by atoms with Gasteiger partial charge in [-0.15, -0.1) is 12.4 Å². The van der Waals surface area contributed by atoms with Gasteiger partial charge in [0.15, 0.2) is 26.2 Å². The Balaban J connectivity index is 0.00000243. The number of carbonyl (C=O) groups is 1. The van der Waals surface area contributed by atoms with E-state index in [2.05, 4.69) is 15.6 Å². The average Bonchev–Trinajstić information content (AvgIpc) is 3.01. The van der Waals surface area contributed by atoms with Crippen molar-refractivity contribution in [2.45, 2.75) is 24.5 Å². The number of rotatable bonds is 4. The molecule has 1 fully saturated rings. The van der Waals surface area contributed by atoms with E-state index in [1.54, 1.807) is 37.4 Å². The fourth-order valence-corrected chi connectivity index (χ4v) is 4.39. The van der Waals surface area contributed by atoms with Gasteiger partial charge in [-0.2, -0.15) is 0 Å². The van der Waals surface area contributed by atoms with E-state index in [0.29, 0.717) is 30.4 Å². The van der Waals surface area contributed by atoms with Crippen molar-refractivity contribution in [3.8, 4) is 11.3 Å². The molecule has 0 aliphatic carbocycles. The topological polar surface area (TPSA) is 101 Å². The third kappa shape index (κ3) is 3.92. The number of anilines is 1. The second-order valence-electron chi connectivity index (χ2n) is 6.29. The molecule has 26 heavy (non-hydrogen) atoms. The molecular weight excluding hydrogens is 378 g/mol. The first kappa shape index (κ1) is 20.4. The molecule has 2 aromatic rings. The fraction of sp³-hybridized carbons (Fsp3) is 0.412. The number of amides is 1. The zero-order valence-electron chi connectivity index (χ0n) is 14.6. The number of halogens is 1. The minimum Gasteiger partial charge on any atom is -0.441 e. The van der Waals surface area contributed by atoms with Crippen LogP contribution in [0, 0.1) is 6.92 Å². The first-order chi connectivity index (χ1) is 11.8. The van der Waals surface area contributed by atoms with Crippen molar-refractivity contribution in [1.29, 1.82) is 0 Å². The van der Waals surface area contributed by atoms with Gasteiger partial charge in [-0.25, -0.2) is 13.4 Å². The van der Waals surface area contributed by atoms with Gasteiger partial charge in [0.05, 0.1) is 6.20 Å². The van der Waals surface area contributed by atoms with E-state index < -0.39 is 20.5 Å². The van der Waals surface area contributed by atoms with Gasteiger partial charge in [0.1, 0.15) is 0 Å². The number of sulfone groups is 1. The molecule has 1 amide bonds. The largest absolute Gasteiger partial charge is 0.441 e. The molecule has 0 unspecified atom stereocenters. The Hall–Kier alpha value is -1.90. The summed E-state index contributed by atoms with van der Waals surface area (Å²) in [4.78, 5) is 16.8. The van der Waals surface area contributed by atoms with Gasteiger partial charge in [0.2, 0.25) is 5.91 Å². The van der Waals surface area contributed by atoms with E-state index in [4.69, 9.17) is 4.42 Å². The van der Waals surface area contributed by atoms with Crippen molar-refractivity contribution >= 4 is 33.8 Å². The maximum atomic E-state index is 12.7. The summed E-state index contributed by atoms with van der Waals surface area (Å²) < 4.78 is 28.6. The Kier molecular flexibility index (Phi) is 6.10. The maximum Gasteiger partial charge on any atom is 0.245 e. The number of piperidine rings is 1. The van der Waals surface area contributed by atoms with Gasteiger partial charge in [-0.05, 0) is 50.2 Å². The van der Waals surface area contributed by atoms with Crippen molar-refractivity contribution in [3.05, 3.63) is 36.4 Å². The lowest BCUT2D eigenvalue weighted by Gasteiger charge is -2.34. The molecule has 9 heteroatoms. The Bertz CT molecular complexity index is 872. The lowest BCUT2D eigenvalue weighted by atomic mass is 9.95. The lowest BCUT2D eigenvalue weighted by molar-refractivity contribution is -0.119. The predicted molar refractivity (Wildman–Crippen MR) is 102 cm³/mol. The van der Waals surface area contributed by atoms with Crippen molar-refractivity contribution in [1.82, 2.24) is 10.3 Å². The quantitative estimate of drug-likeness (QED) is 0.817. The summed E-state index contributed by atoms with van der Waals surface area (Å²) in [6, 6.07) is 7.04. The SMILES string of the molecule is Cc1ncc(-c2ccc(NC(=O)C3(S(C)(=O)=O)CCNCC3)cc2)o1.Cl. The average molecular weight is 400 g/mol. The van der Waals surface area contributed by atoms with Gasteiger partial charge >= 0.3 is 0 Å². The highest BCUT2D eigenvalue weighted by Crippen LogP contribution is 2.30. The Morgan fingerprint density at radius 2 is 1.85 bits per heavy atom. The van der Waals surface area contributed by atoms with E-state index in [1.165, 1.54) is 0 Å². The van der Waals surface area contributed by atoms with Gasteiger partial charge in [0.25, 0.3) is 0 Å². The summed E-state index contributed by atoms with van der Waals surface area (Å²) in [7, 11) is -3.53. The Labute approximate surface area is 158 Å². The number of oxazole rings is 1. The molecule has 3 rings (SSSR count). The molecule has 1 aromatic carbocycles. The van der Waals surface area contributed by atoms with E-state index in [9.17, 15) is 13.2 Å². The number of aryl methyl sites for hydroxylation is 1. The lowest BCUT2D eigenvalue weighted by Crippen LogP contribution is -2.55. The molecule has 0 bridgehead atoms. The molecule has 7 nitrogen and oxygen atoms in total. The second-order valence-corrected chi connectivity index (χ2v) is 8.62. The molecule has 0 radical (unpaired) electrons. The number of aromatic nitrogens is 1. The van der Waals surface area contributed by atoms with Crippen LogP contribution < -0.4 is 10.6 Å². The molecule has 142 valence electrons. The molecule has 2 heterocycles. The van der Waals surface area contributed by atoms with Crippen LogP contribution in [0.2, 0.25) is 0 Å². The molecule has 0 spiro atoms. The number of nitrogens with one attached hydrogen (secondary N) is 2. The van der Waals surface area contributed by atoms with Gasteiger partial charge in [-0.3, -0.25) is 4.79 Å². The summed E-state index contributed by atoms with van der Waals surface area (Å²) in [5, 5.41) is 5.85. The predicted octanol–water partition coefficient (Wildman–Crippen LogP) is 2.18. The standard InChI is InChI=1S/C17H21N3O4S.ClH/c1-12-19-11-15(24-12)13-3-5-14(6-4-13)20-16(21)17(25(2,22)23)7-9-18-10-8-17;/h3-6,11,18H,7-10H2,1-2H3,(H,20,21);1H. The van der Waals surface area contributed by atoms with Crippen molar-refractivity contribution in [3.63, 3.8) is 0 Å². The monoisotopic (exact) mass is 399 g/mol. The van der Waals surface area contributed by atoms with Crippen LogP contribution in [0.3, 0.4) is 0 Å². The van der Waals surface area contributed by atoms with Crippen LogP contribution >= 0.6 is 12.4 Å². The molecule has 2 N–H and O–H groups in total. The maximum absolute atomic E-state index is 12.7. The third-order valence-electron chi connectivity index (χ3n) is 4.58. The zero-order valence-corrected chi connectivity index (χ0v) is 16.2. The third-order valence-corrected chi connectivity index (χ3v) is 6.60. The molecule has 1 saturated heterocycles. The second kappa shape index (κ2) is 7.77. The summed E-state index contributed by atoms with van der Waals surface area (Å²) in [6.07, 6.45) is 3.31. The van der Waals surface area contributed by atoms with Crippen LogP contribution in [0.5, 0.6) is 0 Å². The first-order valence-electron chi connectivity index (χ1n) is 8.06. The van der Waals surface area contributed by atoms with Crippen LogP contribution in [0.1, 0.15) is 18.7 Å². The summed E-state index contributed by atoms with van der Waals surface area (Å²) >= 11 is 0. The van der Waals surface area contributed by atoms with E-state index in [-0.39, 0.29) is 25.2 Å². The first-order valence-corrected chi connectivity index (χ1v) is 9.96. The van der Waals surface area contributed by atoms with E-state index in [1.807, 2.05) is 0 Å². The van der Waals surface area contributed by atoms with E-state index >= 15 is 0 Å². The van der Waals surface area contributed by atoms with Crippen LogP contribution in [-0.4, -0.2) is 43.4 Å². The molecule has 1 aromatic heterocycles. The molecular formula is C17H22ClN3O4S. The minimum atomic E-state index is -3.53. The Morgan fingerprint density at radius 1 is 1.23 bits per heavy atom. The summed E-state index contributed by atoms with van der Waals surface area (Å²) in [5.74, 6) is 0.745. The van der Waals surface area contributed by atoms with Crippen molar-refractivity contribution in [2.24, 2.45) is 0 Å². The smallest absolute Gasteiger partial charge is 0.245 e. The highest BCUT2D eigenvalue weighted by atomic mass is 35.5. The highest BCUT2D eigenvalue weighted by Gasteiger charge is 2.48. The molecule has 0 atom stereocenters. The van der Waals surface area contributed by atoms with Crippen LogP contribution in [-0.2, 0) is 14.6 Å². The highest BCUT2D eigenvalue weighted by molar-refractivity contribution is 7.92. The fourth-order valence-electron chi connectivity index (χ4n) is 3.05. The van der Waals surface area contributed by atoms with Crippen molar-refractivity contribution in [2.75, 3.05) is 24.7 Å². The summed E-state index contributed by atoms with van der Waals surface area (Å²) in [5.41, 5.74) is 1.38. The van der Waals surface area contributed by atoms with Gasteiger partial charge in [0, 0.05) is 24.4 Å². The zero-order chi connectivity index (χ0) is 18.1. The number of hydrogen-bond donors (Lipinski definition) is 2. The van der Waals surface area contributed by atoms with E-state index in [0.717, 1.165) is 11.8 Å². The number of nitrogens with zero attached hydrogens (tertiary/aromatic N) is 1. The Morgan fingerprint density at radius 3 is 2.35 bits per heavy atom. The number of benzene rings is 1. The number of hydrogen-bond acceptors (Lipinski definition) is 6. The molecule has 1 aliphatic rings. The van der Waals surface area contributed by atoms with Crippen molar-refractivity contribution < 1.29 is 17.6 Å². The molecule has 0 saturated carbocycles. The van der Waals surface area contributed by atoms with Gasteiger partial charge in [-0.1, -0.05) is 0 Å². The van der Waals surface area contributed by atoms with Crippen LogP contribution in [0.15, 0.2) is 34.9 Å². The summed E-state index contributed by atoms with van der Waals surface area (Å²) in [6.45, 7) is 2.77. The van der Waals surface area contributed by atoms with Crippen LogP contribution in [0.25, 0.3) is 11.3 Å². The normalized spacial score (nSPS) is 16.5. The van der Waals surface area contributed by atoms with Gasteiger partial charge < -0.3 is 15.1 Å². The van der Waals surface area contributed by atoms with Crippen LogP contribution in [0.4, 0.5) is 5.69 Å². The molecule has 1 aliphatic heterocycles.